The Hall–Kier alpha value is -1.42. The van der Waals surface area contributed by atoms with Gasteiger partial charge in [-0.25, -0.2) is 26.3 Å². The lowest BCUT2D eigenvalue weighted by atomic mass is 10.3. The molecule has 0 radical (unpaired) electrons. The molecule has 0 atom stereocenters. The minimum Gasteiger partial charge on any atom is -0.492 e. The van der Waals surface area contributed by atoms with Crippen LogP contribution in [0.3, 0.4) is 0 Å². The zero-order chi connectivity index (χ0) is 18.7. The maximum Gasteiger partial charge on any atom is 0.195 e. The average molecular weight is 494 g/mol. The summed E-state index contributed by atoms with van der Waals surface area (Å²) >= 11 is 5.48. The van der Waals surface area contributed by atoms with Gasteiger partial charge in [0.2, 0.25) is 0 Å². The topological polar surface area (TPSA) is 18.5 Å². The highest BCUT2D eigenvalue weighted by molar-refractivity contribution is 9.11. The van der Waals surface area contributed by atoms with Gasteiger partial charge in [0, 0.05) is 18.6 Å². The van der Waals surface area contributed by atoms with Gasteiger partial charge in [0.05, 0.1) is 22.2 Å². The van der Waals surface area contributed by atoms with Crippen molar-refractivity contribution in [1.82, 2.24) is 0 Å². The fourth-order valence-corrected chi connectivity index (χ4v) is 2.54. The van der Waals surface area contributed by atoms with Crippen LogP contribution in [-0.4, -0.2) is 13.2 Å². The highest BCUT2D eigenvalue weighted by Crippen LogP contribution is 2.32. The van der Waals surface area contributed by atoms with Gasteiger partial charge in [-0.2, -0.15) is 0 Å². The Bertz CT molecular complexity index is 735. The molecule has 0 N–H and O–H groups in total. The van der Waals surface area contributed by atoms with E-state index in [0.717, 1.165) is 0 Å². The molecule has 0 aliphatic rings. The minimum absolute atomic E-state index is 0.0904. The molecule has 0 heterocycles. The molecule has 2 aromatic carbocycles. The number of rotatable bonds is 6. The summed E-state index contributed by atoms with van der Waals surface area (Å²) in [5.41, 5.74) is 0. The summed E-state index contributed by atoms with van der Waals surface area (Å²) < 4.78 is 88.3. The van der Waals surface area contributed by atoms with Crippen molar-refractivity contribution in [1.29, 1.82) is 0 Å². The van der Waals surface area contributed by atoms with Crippen molar-refractivity contribution >= 4 is 31.9 Å². The third kappa shape index (κ3) is 4.41. The number of hydrogen-bond donors (Lipinski definition) is 0. The molecule has 136 valence electrons. The largest absolute Gasteiger partial charge is 0.492 e. The van der Waals surface area contributed by atoms with E-state index >= 15 is 0 Å². The van der Waals surface area contributed by atoms with Gasteiger partial charge in [-0.1, -0.05) is 0 Å². The third-order valence-electron chi connectivity index (χ3n) is 2.94. The maximum atomic E-state index is 13.3. The Morgan fingerprint density at radius 2 is 1.00 bits per heavy atom. The van der Waals surface area contributed by atoms with Gasteiger partial charge in [0.1, 0.15) is 11.5 Å². The van der Waals surface area contributed by atoms with Crippen LogP contribution in [0.5, 0.6) is 11.5 Å². The Morgan fingerprint density at radius 3 is 1.36 bits per heavy atom. The summed E-state index contributed by atoms with van der Waals surface area (Å²) in [7, 11) is 0. The molecule has 0 aliphatic carbocycles. The molecule has 0 unspecified atom stereocenters. The van der Waals surface area contributed by atoms with Crippen LogP contribution in [0.15, 0.2) is 21.1 Å². The van der Waals surface area contributed by atoms with E-state index in [0.29, 0.717) is 12.1 Å². The minimum atomic E-state index is -1.63. The molecule has 10 heteroatoms. The second kappa shape index (κ2) is 8.31. The summed E-state index contributed by atoms with van der Waals surface area (Å²) in [6.45, 7) is -0.181. The zero-order valence-electron chi connectivity index (χ0n) is 12.1. The smallest absolute Gasteiger partial charge is 0.195 e. The Balaban J connectivity index is 1.91. The quantitative estimate of drug-likeness (QED) is 0.216. The Morgan fingerprint density at radius 1 is 0.640 bits per heavy atom. The van der Waals surface area contributed by atoms with E-state index in [9.17, 15) is 26.3 Å². The summed E-state index contributed by atoms with van der Waals surface area (Å²) in [4.78, 5) is 0. The summed E-state index contributed by atoms with van der Waals surface area (Å²) in [6, 6.07) is 1.34. The fourth-order valence-electron chi connectivity index (χ4n) is 1.74. The Kier molecular flexibility index (Phi) is 6.61. The van der Waals surface area contributed by atoms with Crippen LogP contribution in [0.25, 0.3) is 0 Å². The van der Waals surface area contributed by atoms with Crippen LogP contribution in [0, 0.1) is 34.9 Å². The normalized spacial score (nSPS) is 10.9. The van der Waals surface area contributed by atoms with Crippen molar-refractivity contribution in [3.05, 3.63) is 56.0 Å². The van der Waals surface area contributed by atoms with Crippen LogP contribution in [0.2, 0.25) is 0 Å². The zero-order valence-corrected chi connectivity index (χ0v) is 15.3. The predicted octanol–water partition coefficient (Wildman–Crippen LogP) is 5.89. The molecule has 0 spiro atoms. The number of benzene rings is 2. The van der Waals surface area contributed by atoms with E-state index in [1.165, 1.54) is 0 Å². The molecule has 2 rings (SSSR count). The molecule has 0 aliphatic heterocycles. The Labute approximate surface area is 155 Å². The second-order valence-electron chi connectivity index (χ2n) is 4.65. The SMILES string of the molecule is Fc1cc(OCCCOc2cc(F)c(F)c(F)c2Br)c(Br)c(F)c1F. The molecule has 0 amide bonds. The van der Waals surface area contributed by atoms with Crippen molar-refractivity contribution in [3.63, 3.8) is 0 Å². The van der Waals surface area contributed by atoms with E-state index < -0.39 is 34.9 Å². The van der Waals surface area contributed by atoms with Crippen LogP contribution >= 0.6 is 31.9 Å². The van der Waals surface area contributed by atoms with Crippen LogP contribution in [-0.2, 0) is 0 Å². The lowest BCUT2D eigenvalue weighted by molar-refractivity contribution is 0.241. The van der Waals surface area contributed by atoms with E-state index in [-0.39, 0.29) is 40.1 Å². The van der Waals surface area contributed by atoms with E-state index in [1.807, 2.05) is 0 Å². The monoisotopic (exact) mass is 492 g/mol. The molecule has 25 heavy (non-hydrogen) atoms. The second-order valence-corrected chi connectivity index (χ2v) is 6.23. The van der Waals surface area contributed by atoms with Gasteiger partial charge in [-0.05, 0) is 31.9 Å². The highest BCUT2D eigenvalue weighted by atomic mass is 79.9. The first-order valence-corrected chi connectivity index (χ1v) is 8.24. The average Bonchev–Trinajstić information content (AvgIpc) is 2.59. The van der Waals surface area contributed by atoms with Gasteiger partial charge >= 0.3 is 0 Å². The number of ether oxygens (including phenoxy) is 2. The number of halogens is 8. The first-order valence-electron chi connectivity index (χ1n) is 6.65. The maximum absolute atomic E-state index is 13.3. The van der Waals surface area contributed by atoms with Gasteiger partial charge in [0.25, 0.3) is 0 Å². The van der Waals surface area contributed by atoms with E-state index in [4.69, 9.17) is 9.47 Å². The van der Waals surface area contributed by atoms with Crippen LogP contribution < -0.4 is 9.47 Å². The van der Waals surface area contributed by atoms with Crippen molar-refractivity contribution in [2.75, 3.05) is 13.2 Å². The van der Waals surface area contributed by atoms with Gasteiger partial charge in [-0.3, -0.25) is 0 Å². The van der Waals surface area contributed by atoms with Gasteiger partial charge in [0.15, 0.2) is 34.9 Å². The molecule has 2 nitrogen and oxygen atoms in total. The molecule has 0 saturated carbocycles. The first kappa shape index (κ1) is 19.9. The van der Waals surface area contributed by atoms with E-state index in [1.54, 1.807) is 0 Å². The summed E-state index contributed by atoms with van der Waals surface area (Å²) in [5, 5.41) is 0. The van der Waals surface area contributed by atoms with Crippen molar-refractivity contribution in [3.8, 4) is 11.5 Å². The van der Waals surface area contributed by atoms with Crippen LogP contribution in [0.1, 0.15) is 6.42 Å². The molecule has 0 fully saturated rings. The standard InChI is InChI=1S/C15H8Br2F6O2/c16-10-8(4-6(18)12(20)14(10)22)24-2-1-3-25-9-5-7(19)13(21)15(23)11(9)17/h4-5H,1-3H2. The first-order chi connectivity index (χ1) is 11.7. The van der Waals surface area contributed by atoms with Crippen LogP contribution in [0.4, 0.5) is 26.3 Å². The molecule has 0 aromatic heterocycles. The molecular weight excluding hydrogens is 486 g/mol. The summed E-state index contributed by atoms with van der Waals surface area (Å²) in [5.74, 6) is -9.44. The van der Waals surface area contributed by atoms with Crippen molar-refractivity contribution in [2.45, 2.75) is 6.42 Å². The van der Waals surface area contributed by atoms with Crippen molar-refractivity contribution in [2.24, 2.45) is 0 Å². The molecule has 2 aromatic rings. The lowest BCUT2D eigenvalue weighted by Crippen LogP contribution is -2.07. The fraction of sp³-hybridized carbons (Fsp3) is 0.200. The molecule has 0 saturated heterocycles. The van der Waals surface area contributed by atoms with E-state index in [2.05, 4.69) is 31.9 Å². The molecule has 0 bridgehead atoms. The molecular formula is C15H8Br2F6O2. The lowest BCUT2D eigenvalue weighted by Gasteiger charge is -2.12. The predicted molar refractivity (Wildman–Crippen MR) is 83.6 cm³/mol. The van der Waals surface area contributed by atoms with Gasteiger partial charge < -0.3 is 9.47 Å². The third-order valence-corrected chi connectivity index (χ3v) is 4.42. The van der Waals surface area contributed by atoms with Gasteiger partial charge in [-0.15, -0.1) is 0 Å². The highest BCUT2D eigenvalue weighted by Gasteiger charge is 2.19. The summed E-state index contributed by atoms with van der Waals surface area (Å²) in [6.07, 6.45) is 0.153. The number of hydrogen-bond acceptors (Lipinski definition) is 2. The van der Waals surface area contributed by atoms with Crippen molar-refractivity contribution < 1.29 is 35.8 Å².